The predicted molar refractivity (Wildman–Crippen MR) is 68.5 cm³/mol. The Kier molecular flexibility index (Phi) is 6.20. The summed E-state index contributed by atoms with van der Waals surface area (Å²) in [6.07, 6.45) is 5.50. The molecular formula is C12H17BrSi. The summed E-state index contributed by atoms with van der Waals surface area (Å²) in [7, 11) is 0.968. The summed E-state index contributed by atoms with van der Waals surface area (Å²) in [5.74, 6) is 0. The number of rotatable bonds is 6. The molecule has 0 unspecified atom stereocenters. The van der Waals surface area contributed by atoms with Crippen LogP contribution >= 0.6 is 15.9 Å². The van der Waals surface area contributed by atoms with Gasteiger partial charge in [0, 0.05) is 4.47 Å². The minimum atomic E-state index is 0.968. The van der Waals surface area contributed by atoms with Crippen molar-refractivity contribution in [2.45, 2.75) is 38.7 Å². The van der Waals surface area contributed by atoms with E-state index in [4.69, 9.17) is 0 Å². The Labute approximate surface area is 98.1 Å². The zero-order valence-corrected chi connectivity index (χ0v) is 11.3. The molecule has 14 heavy (non-hydrogen) atoms. The Morgan fingerprint density at radius 1 is 1.14 bits per heavy atom. The van der Waals surface area contributed by atoms with Crippen LogP contribution in [-0.4, -0.2) is 9.52 Å². The van der Waals surface area contributed by atoms with Crippen molar-refractivity contribution < 1.29 is 0 Å². The number of halogens is 1. The molecule has 2 heteroatoms. The lowest BCUT2D eigenvalue weighted by atomic mass is 10.2. The molecule has 1 rings (SSSR count). The number of benzene rings is 1. The van der Waals surface area contributed by atoms with E-state index in [9.17, 15) is 0 Å². The molecule has 0 aliphatic rings. The molecular weight excluding hydrogens is 252 g/mol. The second-order valence-corrected chi connectivity index (χ2v) is 5.71. The molecule has 0 spiro atoms. The van der Waals surface area contributed by atoms with Crippen LogP contribution in [0.4, 0.5) is 0 Å². The van der Waals surface area contributed by atoms with Gasteiger partial charge in [0.25, 0.3) is 0 Å². The Morgan fingerprint density at radius 3 is 2.64 bits per heavy atom. The van der Waals surface area contributed by atoms with Crippen molar-refractivity contribution >= 4 is 30.6 Å². The minimum absolute atomic E-state index is 0.968. The van der Waals surface area contributed by atoms with E-state index in [0.717, 1.165) is 9.52 Å². The Hall–Kier alpha value is -0.0831. The maximum absolute atomic E-state index is 3.59. The van der Waals surface area contributed by atoms with Gasteiger partial charge in [0.1, 0.15) is 0 Å². The summed E-state index contributed by atoms with van der Waals surface area (Å²) >= 11 is 3.59. The molecule has 1 aromatic carbocycles. The zero-order chi connectivity index (χ0) is 10.2. The summed E-state index contributed by atoms with van der Waals surface area (Å²) in [5.41, 5.74) is 0. The van der Waals surface area contributed by atoms with Crippen LogP contribution in [0.3, 0.4) is 0 Å². The van der Waals surface area contributed by atoms with Gasteiger partial charge in [-0.2, -0.15) is 0 Å². The summed E-state index contributed by atoms with van der Waals surface area (Å²) in [6.45, 7) is 2.26. The van der Waals surface area contributed by atoms with E-state index in [-0.39, 0.29) is 0 Å². The lowest BCUT2D eigenvalue weighted by Crippen LogP contribution is -2.14. The van der Waals surface area contributed by atoms with Gasteiger partial charge in [-0.05, 0) is 6.07 Å². The molecule has 0 saturated carbocycles. The molecule has 0 aromatic heterocycles. The van der Waals surface area contributed by atoms with Crippen LogP contribution < -0.4 is 5.19 Å². The van der Waals surface area contributed by atoms with Crippen LogP contribution in [0.5, 0.6) is 0 Å². The standard InChI is InChI=1S/C12H17BrSi/c1-2-3-4-7-10-14-12-9-6-5-8-11(12)13/h5-6,8-9H,2-4,7,10H2,1H3. The molecule has 0 fully saturated rings. The fraction of sp³-hybridized carbons (Fsp3) is 0.500. The first-order valence-corrected chi connectivity index (χ1v) is 7.33. The first-order valence-electron chi connectivity index (χ1n) is 5.33. The van der Waals surface area contributed by atoms with Crippen molar-refractivity contribution in [2.24, 2.45) is 0 Å². The molecule has 0 aliphatic heterocycles. The highest BCUT2D eigenvalue weighted by molar-refractivity contribution is 9.10. The molecule has 0 atom stereocenters. The van der Waals surface area contributed by atoms with Gasteiger partial charge in [0.05, 0.1) is 9.52 Å². The van der Waals surface area contributed by atoms with Crippen molar-refractivity contribution in [3.8, 4) is 0 Å². The van der Waals surface area contributed by atoms with Gasteiger partial charge in [-0.3, -0.25) is 0 Å². The summed E-state index contributed by atoms with van der Waals surface area (Å²) < 4.78 is 1.27. The highest BCUT2D eigenvalue weighted by Crippen LogP contribution is 2.07. The van der Waals surface area contributed by atoms with Crippen LogP contribution in [0.1, 0.15) is 32.6 Å². The Balaban J connectivity index is 2.21. The molecule has 0 heterocycles. The van der Waals surface area contributed by atoms with Crippen LogP contribution in [0.25, 0.3) is 0 Å². The van der Waals surface area contributed by atoms with Gasteiger partial charge >= 0.3 is 0 Å². The normalized spacial score (nSPS) is 10.4. The second kappa shape index (κ2) is 7.24. The molecule has 0 N–H and O–H groups in total. The topological polar surface area (TPSA) is 0 Å². The largest absolute Gasteiger partial charge is 0.0823 e. The van der Waals surface area contributed by atoms with Crippen molar-refractivity contribution in [1.29, 1.82) is 0 Å². The second-order valence-electron chi connectivity index (χ2n) is 3.47. The van der Waals surface area contributed by atoms with Gasteiger partial charge < -0.3 is 0 Å². The smallest absolute Gasteiger partial charge is 0.0654 e. The number of hydrogen-bond acceptors (Lipinski definition) is 0. The van der Waals surface area contributed by atoms with Crippen molar-refractivity contribution in [3.63, 3.8) is 0 Å². The SMILES string of the molecule is CCCCCC[Si]c1ccccc1Br. The van der Waals surface area contributed by atoms with Gasteiger partial charge in [0.2, 0.25) is 0 Å². The summed E-state index contributed by atoms with van der Waals surface area (Å²) in [5, 5.41) is 1.48. The molecule has 0 saturated heterocycles. The molecule has 0 nitrogen and oxygen atoms in total. The third-order valence-corrected chi connectivity index (χ3v) is 4.70. The number of hydrogen-bond donors (Lipinski definition) is 0. The third-order valence-electron chi connectivity index (χ3n) is 2.22. The fourth-order valence-electron chi connectivity index (χ4n) is 1.38. The van der Waals surface area contributed by atoms with E-state index in [1.54, 1.807) is 0 Å². The minimum Gasteiger partial charge on any atom is -0.0654 e. The van der Waals surface area contributed by atoms with Gasteiger partial charge in [-0.1, -0.05) is 78.0 Å². The third kappa shape index (κ3) is 4.42. The van der Waals surface area contributed by atoms with E-state index < -0.39 is 0 Å². The molecule has 0 bridgehead atoms. The number of unbranched alkanes of at least 4 members (excludes halogenated alkanes) is 3. The van der Waals surface area contributed by atoms with Crippen LogP contribution in [0.2, 0.25) is 6.04 Å². The average molecular weight is 269 g/mol. The van der Waals surface area contributed by atoms with Crippen molar-refractivity contribution in [2.75, 3.05) is 0 Å². The maximum Gasteiger partial charge on any atom is 0.0823 e. The molecule has 1 aromatic rings. The lowest BCUT2D eigenvalue weighted by Gasteiger charge is -2.02. The predicted octanol–water partition coefficient (Wildman–Crippen LogP) is 3.78. The van der Waals surface area contributed by atoms with Crippen molar-refractivity contribution in [1.82, 2.24) is 0 Å². The van der Waals surface area contributed by atoms with E-state index in [1.165, 1.54) is 41.4 Å². The van der Waals surface area contributed by atoms with E-state index >= 15 is 0 Å². The molecule has 0 aliphatic carbocycles. The quantitative estimate of drug-likeness (QED) is 0.544. The van der Waals surface area contributed by atoms with Crippen LogP contribution in [0.15, 0.2) is 28.7 Å². The monoisotopic (exact) mass is 268 g/mol. The van der Waals surface area contributed by atoms with Gasteiger partial charge in [-0.15, -0.1) is 0 Å². The summed E-state index contributed by atoms with van der Waals surface area (Å²) in [6, 6.07) is 9.91. The van der Waals surface area contributed by atoms with E-state index in [0.29, 0.717) is 0 Å². The van der Waals surface area contributed by atoms with E-state index in [2.05, 4.69) is 47.1 Å². The van der Waals surface area contributed by atoms with Gasteiger partial charge in [0.15, 0.2) is 0 Å². The summed E-state index contributed by atoms with van der Waals surface area (Å²) in [4.78, 5) is 0. The average Bonchev–Trinajstić information content (AvgIpc) is 2.20. The van der Waals surface area contributed by atoms with Gasteiger partial charge in [-0.25, -0.2) is 0 Å². The molecule has 2 radical (unpaired) electrons. The van der Waals surface area contributed by atoms with Crippen LogP contribution in [-0.2, 0) is 0 Å². The molecule has 0 amide bonds. The first-order chi connectivity index (χ1) is 6.84. The first kappa shape index (κ1) is 12.0. The fourth-order valence-corrected chi connectivity index (χ4v) is 3.25. The van der Waals surface area contributed by atoms with E-state index in [1.807, 2.05) is 0 Å². The lowest BCUT2D eigenvalue weighted by molar-refractivity contribution is 0.701. The zero-order valence-electron chi connectivity index (χ0n) is 8.72. The van der Waals surface area contributed by atoms with Crippen LogP contribution in [0, 0.1) is 0 Å². The Bertz CT molecular complexity index is 260. The highest BCUT2D eigenvalue weighted by Gasteiger charge is 1.98. The maximum atomic E-state index is 3.59. The Morgan fingerprint density at radius 2 is 1.93 bits per heavy atom. The molecule has 76 valence electrons. The van der Waals surface area contributed by atoms with Crippen molar-refractivity contribution in [3.05, 3.63) is 28.7 Å². The highest BCUT2D eigenvalue weighted by atomic mass is 79.9.